The fourth-order valence-electron chi connectivity index (χ4n) is 2.12. The van der Waals surface area contributed by atoms with Gasteiger partial charge >= 0.3 is 0 Å². The highest BCUT2D eigenvalue weighted by Gasteiger charge is 2.23. The largest absolute Gasteiger partial charge is 0.494 e. The Hall–Kier alpha value is -1.88. The highest BCUT2D eigenvalue weighted by atomic mass is 19.1. The van der Waals surface area contributed by atoms with Gasteiger partial charge in [-0.2, -0.15) is 0 Å². The normalized spacial score (nSPS) is 15.4. The summed E-state index contributed by atoms with van der Waals surface area (Å²) < 4.78 is 20.4. The first-order valence-electron chi connectivity index (χ1n) is 5.86. The molecular weight excluding hydrogens is 233 g/mol. The van der Waals surface area contributed by atoms with E-state index in [0.717, 1.165) is 24.5 Å². The molecule has 1 fully saturated rings. The third kappa shape index (κ3) is 1.76. The summed E-state index contributed by atoms with van der Waals surface area (Å²) >= 11 is 0. The van der Waals surface area contributed by atoms with Crippen molar-refractivity contribution in [1.29, 1.82) is 0 Å². The molecule has 0 saturated carbocycles. The van der Waals surface area contributed by atoms with Crippen LogP contribution < -0.4 is 10.1 Å². The lowest BCUT2D eigenvalue weighted by Crippen LogP contribution is -2.40. The van der Waals surface area contributed by atoms with Crippen LogP contribution in [0, 0.1) is 5.82 Å². The molecule has 0 amide bonds. The zero-order chi connectivity index (χ0) is 12.5. The molecular formula is C13H14FN3O. The zero-order valence-corrected chi connectivity index (χ0v) is 10.1. The Bertz CT molecular complexity index is 563. The molecule has 5 heteroatoms. The van der Waals surface area contributed by atoms with Crippen molar-refractivity contribution in [3.8, 4) is 11.4 Å². The minimum Gasteiger partial charge on any atom is -0.494 e. The summed E-state index contributed by atoms with van der Waals surface area (Å²) in [6.07, 6.45) is 3.61. The molecule has 0 bridgehead atoms. The molecule has 0 unspecified atom stereocenters. The first kappa shape index (κ1) is 11.2. The number of nitrogens with one attached hydrogen (secondary N) is 1. The molecule has 2 heterocycles. The van der Waals surface area contributed by atoms with Gasteiger partial charge in [0, 0.05) is 37.0 Å². The molecule has 0 radical (unpaired) electrons. The van der Waals surface area contributed by atoms with Gasteiger partial charge in [-0.05, 0) is 12.1 Å². The summed E-state index contributed by atoms with van der Waals surface area (Å²) in [5, 5.41) is 3.23. The van der Waals surface area contributed by atoms with Gasteiger partial charge in [-0.15, -0.1) is 0 Å². The molecule has 94 valence electrons. The lowest BCUT2D eigenvalue weighted by molar-refractivity contribution is 0.386. The number of nitrogens with zero attached hydrogens (tertiary/aromatic N) is 2. The molecule has 1 N–H and O–H groups in total. The Kier molecular flexibility index (Phi) is 2.76. The van der Waals surface area contributed by atoms with Crippen LogP contribution in [0.1, 0.15) is 11.6 Å². The number of hydrogen-bond acceptors (Lipinski definition) is 3. The molecule has 0 aliphatic carbocycles. The molecule has 3 rings (SSSR count). The zero-order valence-electron chi connectivity index (χ0n) is 10.1. The Morgan fingerprint density at radius 2 is 2.28 bits per heavy atom. The van der Waals surface area contributed by atoms with Crippen molar-refractivity contribution in [2.45, 2.75) is 5.92 Å². The standard InChI is InChI=1S/C13H14FN3O/c1-18-13-4-10(2-3-11(13)14)17-8-16-7-12(17)9-5-15-6-9/h2-4,7-9,15H,5-6H2,1H3. The average Bonchev–Trinajstić information content (AvgIpc) is 2.76. The lowest BCUT2D eigenvalue weighted by atomic mass is 10.00. The number of benzene rings is 1. The summed E-state index contributed by atoms with van der Waals surface area (Å²) in [5.41, 5.74) is 2.01. The van der Waals surface area contributed by atoms with Crippen molar-refractivity contribution in [3.05, 3.63) is 42.2 Å². The van der Waals surface area contributed by atoms with E-state index in [-0.39, 0.29) is 11.6 Å². The van der Waals surface area contributed by atoms with Crippen LogP contribution >= 0.6 is 0 Å². The molecule has 0 atom stereocenters. The van der Waals surface area contributed by atoms with Gasteiger partial charge in [0.05, 0.1) is 19.1 Å². The summed E-state index contributed by atoms with van der Waals surface area (Å²) in [5.74, 6) is 0.371. The van der Waals surface area contributed by atoms with E-state index in [9.17, 15) is 4.39 Å². The van der Waals surface area contributed by atoms with Gasteiger partial charge in [-0.1, -0.05) is 0 Å². The van der Waals surface area contributed by atoms with E-state index in [1.54, 1.807) is 18.5 Å². The summed E-state index contributed by atoms with van der Waals surface area (Å²) in [6, 6.07) is 4.83. The highest BCUT2D eigenvalue weighted by Crippen LogP contribution is 2.26. The first-order valence-corrected chi connectivity index (χ1v) is 5.86. The van der Waals surface area contributed by atoms with Gasteiger partial charge in [0.25, 0.3) is 0 Å². The molecule has 1 aromatic heterocycles. The van der Waals surface area contributed by atoms with Gasteiger partial charge in [0.2, 0.25) is 0 Å². The predicted octanol–water partition coefficient (Wildman–Crippen LogP) is 1.71. The summed E-state index contributed by atoms with van der Waals surface area (Å²) in [6.45, 7) is 1.92. The second kappa shape index (κ2) is 4.42. The van der Waals surface area contributed by atoms with Crippen LogP contribution in [0.3, 0.4) is 0 Å². The molecule has 18 heavy (non-hydrogen) atoms. The van der Waals surface area contributed by atoms with E-state index >= 15 is 0 Å². The smallest absolute Gasteiger partial charge is 0.165 e. The van der Waals surface area contributed by atoms with Crippen LogP contribution in [0.4, 0.5) is 4.39 Å². The van der Waals surface area contributed by atoms with Crippen molar-refractivity contribution in [1.82, 2.24) is 14.9 Å². The van der Waals surface area contributed by atoms with Crippen LogP contribution in [0.25, 0.3) is 5.69 Å². The number of halogens is 1. The van der Waals surface area contributed by atoms with E-state index in [0.29, 0.717) is 5.92 Å². The highest BCUT2D eigenvalue weighted by molar-refractivity contribution is 5.42. The van der Waals surface area contributed by atoms with Crippen LogP contribution in [-0.4, -0.2) is 29.8 Å². The van der Waals surface area contributed by atoms with Crippen LogP contribution in [-0.2, 0) is 0 Å². The van der Waals surface area contributed by atoms with Gasteiger partial charge in [-0.3, -0.25) is 0 Å². The Labute approximate surface area is 104 Å². The topological polar surface area (TPSA) is 39.1 Å². The number of ether oxygens (including phenoxy) is 1. The van der Waals surface area contributed by atoms with E-state index in [4.69, 9.17) is 4.74 Å². The number of hydrogen-bond donors (Lipinski definition) is 1. The second-order valence-electron chi connectivity index (χ2n) is 4.36. The first-order chi connectivity index (χ1) is 8.79. The van der Waals surface area contributed by atoms with Crippen LogP contribution in [0.2, 0.25) is 0 Å². The number of methoxy groups -OCH3 is 1. The van der Waals surface area contributed by atoms with Crippen molar-refractivity contribution < 1.29 is 9.13 Å². The molecule has 2 aromatic rings. The van der Waals surface area contributed by atoms with Gasteiger partial charge in [0.1, 0.15) is 0 Å². The Morgan fingerprint density at radius 3 is 2.94 bits per heavy atom. The molecule has 1 aromatic carbocycles. The third-order valence-corrected chi connectivity index (χ3v) is 3.28. The summed E-state index contributed by atoms with van der Waals surface area (Å²) in [7, 11) is 1.47. The monoisotopic (exact) mass is 247 g/mol. The van der Waals surface area contributed by atoms with Gasteiger partial charge in [-0.25, -0.2) is 9.37 Å². The van der Waals surface area contributed by atoms with Crippen molar-refractivity contribution >= 4 is 0 Å². The summed E-state index contributed by atoms with van der Waals surface area (Å²) in [4.78, 5) is 4.18. The van der Waals surface area contributed by atoms with E-state index < -0.39 is 0 Å². The molecule has 1 saturated heterocycles. The minimum absolute atomic E-state index is 0.249. The number of rotatable bonds is 3. The lowest BCUT2D eigenvalue weighted by Gasteiger charge is -2.27. The second-order valence-corrected chi connectivity index (χ2v) is 4.36. The third-order valence-electron chi connectivity index (χ3n) is 3.28. The van der Waals surface area contributed by atoms with E-state index in [1.807, 2.05) is 10.8 Å². The van der Waals surface area contributed by atoms with Gasteiger partial charge in [0.15, 0.2) is 11.6 Å². The molecule has 4 nitrogen and oxygen atoms in total. The van der Waals surface area contributed by atoms with E-state index in [1.165, 1.54) is 13.2 Å². The van der Waals surface area contributed by atoms with Crippen LogP contribution in [0.5, 0.6) is 5.75 Å². The van der Waals surface area contributed by atoms with Crippen molar-refractivity contribution in [2.75, 3.05) is 20.2 Å². The average molecular weight is 247 g/mol. The maximum atomic E-state index is 13.4. The minimum atomic E-state index is -0.353. The van der Waals surface area contributed by atoms with Gasteiger partial charge < -0.3 is 14.6 Å². The number of imidazole rings is 1. The fourth-order valence-corrected chi connectivity index (χ4v) is 2.12. The maximum absolute atomic E-state index is 13.4. The Morgan fingerprint density at radius 1 is 1.44 bits per heavy atom. The fraction of sp³-hybridized carbons (Fsp3) is 0.308. The molecule has 1 aliphatic rings. The molecule has 0 spiro atoms. The maximum Gasteiger partial charge on any atom is 0.165 e. The SMILES string of the molecule is COc1cc(-n2cncc2C2CNC2)ccc1F. The van der Waals surface area contributed by atoms with E-state index in [2.05, 4.69) is 10.3 Å². The van der Waals surface area contributed by atoms with Crippen molar-refractivity contribution in [3.63, 3.8) is 0 Å². The quantitative estimate of drug-likeness (QED) is 0.897. The van der Waals surface area contributed by atoms with Crippen LogP contribution in [0.15, 0.2) is 30.7 Å². The van der Waals surface area contributed by atoms with Crippen molar-refractivity contribution in [2.24, 2.45) is 0 Å². The predicted molar refractivity (Wildman–Crippen MR) is 65.7 cm³/mol. The Balaban J connectivity index is 2.01. The number of aromatic nitrogens is 2. The molecule has 1 aliphatic heterocycles.